The van der Waals surface area contributed by atoms with Crippen molar-refractivity contribution in [3.63, 3.8) is 0 Å². The number of morpholine rings is 1. The minimum atomic E-state index is -0.311. The molecule has 23 heavy (non-hydrogen) atoms. The number of thiazole rings is 1. The molecule has 5 nitrogen and oxygen atoms in total. The van der Waals surface area contributed by atoms with E-state index in [0.29, 0.717) is 13.2 Å². The molecule has 2 atom stereocenters. The number of aryl methyl sites for hydroxylation is 1. The molecule has 1 aliphatic heterocycles. The third-order valence-corrected chi connectivity index (χ3v) is 4.44. The molecule has 0 saturated carbocycles. The number of rotatable bonds is 3. The van der Waals surface area contributed by atoms with Gasteiger partial charge in [0.2, 0.25) is 5.91 Å². The predicted octanol–water partition coefficient (Wildman–Crippen LogP) is 2.86. The molecule has 0 bridgehead atoms. The summed E-state index contributed by atoms with van der Waals surface area (Å²) >= 11 is 1.63. The summed E-state index contributed by atoms with van der Waals surface area (Å²) in [5.74, 6) is -0.0653. The van der Waals surface area contributed by atoms with Crippen molar-refractivity contribution in [1.82, 2.24) is 10.3 Å². The number of amides is 1. The maximum absolute atomic E-state index is 12.3. The average molecular weight is 354 g/mol. The molecule has 2 heterocycles. The van der Waals surface area contributed by atoms with Gasteiger partial charge in [-0.15, -0.1) is 23.7 Å². The maximum atomic E-state index is 12.3. The number of carbonyl (C=O) groups excluding carboxylic acids is 1. The van der Waals surface area contributed by atoms with Crippen LogP contribution in [-0.4, -0.2) is 36.2 Å². The Morgan fingerprint density at radius 1 is 1.39 bits per heavy atom. The Bertz CT molecular complexity index is 660. The van der Waals surface area contributed by atoms with Crippen LogP contribution in [0.15, 0.2) is 29.6 Å². The second-order valence-corrected chi connectivity index (χ2v) is 6.39. The van der Waals surface area contributed by atoms with Gasteiger partial charge in [0, 0.05) is 23.2 Å². The average Bonchev–Trinajstić information content (AvgIpc) is 2.95. The number of hydrogen-bond acceptors (Lipinski definition) is 5. The van der Waals surface area contributed by atoms with Crippen molar-refractivity contribution in [1.29, 1.82) is 0 Å². The number of anilines is 1. The topological polar surface area (TPSA) is 63.2 Å². The molecule has 0 unspecified atom stereocenters. The summed E-state index contributed by atoms with van der Waals surface area (Å²) in [5.41, 5.74) is 2.80. The number of ether oxygens (including phenoxy) is 1. The van der Waals surface area contributed by atoms with E-state index < -0.39 is 0 Å². The van der Waals surface area contributed by atoms with Crippen molar-refractivity contribution >= 4 is 35.3 Å². The highest BCUT2D eigenvalue weighted by Gasteiger charge is 2.28. The van der Waals surface area contributed by atoms with Gasteiger partial charge in [0.25, 0.3) is 0 Å². The first-order valence-corrected chi connectivity index (χ1v) is 8.20. The summed E-state index contributed by atoms with van der Waals surface area (Å²) in [6, 6.07) is 7.43. The van der Waals surface area contributed by atoms with Crippen LogP contribution in [0.3, 0.4) is 0 Å². The van der Waals surface area contributed by atoms with Crippen molar-refractivity contribution in [2.24, 2.45) is 0 Å². The quantitative estimate of drug-likeness (QED) is 0.890. The summed E-state index contributed by atoms with van der Waals surface area (Å²) in [4.78, 5) is 16.7. The number of carbonyl (C=O) groups is 1. The van der Waals surface area contributed by atoms with E-state index in [9.17, 15) is 4.79 Å². The van der Waals surface area contributed by atoms with Crippen LogP contribution in [-0.2, 0) is 9.53 Å². The van der Waals surface area contributed by atoms with Crippen LogP contribution in [0.2, 0.25) is 0 Å². The molecule has 2 aromatic rings. The molecule has 1 saturated heterocycles. The van der Waals surface area contributed by atoms with Crippen LogP contribution in [0, 0.1) is 6.92 Å². The van der Waals surface area contributed by atoms with Crippen molar-refractivity contribution in [2.45, 2.75) is 26.0 Å². The number of nitrogens with one attached hydrogen (secondary N) is 2. The third-order valence-electron chi connectivity index (χ3n) is 3.67. The first-order chi connectivity index (χ1) is 10.6. The molecule has 1 amide bonds. The van der Waals surface area contributed by atoms with Gasteiger partial charge in [0.05, 0.1) is 23.4 Å². The van der Waals surface area contributed by atoms with Gasteiger partial charge in [-0.05, 0) is 26.0 Å². The molecule has 3 rings (SSSR count). The largest absolute Gasteiger partial charge is 0.375 e. The molecule has 7 heteroatoms. The summed E-state index contributed by atoms with van der Waals surface area (Å²) < 4.78 is 5.50. The highest BCUT2D eigenvalue weighted by atomic mass is 35.5. The van der Waals surface area contributed by atoms with E-state index in [-0.39, 0.29) is 30.5 Å². The fourth-order valence-corrected chi connectivity index (χ4v) is 3.09. The number of halogens is 1. The molecular formula is C16H20ClN3O2S. The maximum Gasteiger partial charge on any atom is 0.244 e. The smallest absolute Gasteiger partial charge is 0.244 e. The summed E-state index contributed by atoms with van der Waals surface area (Å²) in [7, 11) is 0. The van der Waals surface area contributed by atoms with Crippen molar-refractivity contribution in [3.05, 3.63) is 34.7 Å². The third kappa shape index (κ3) is 4.29. The lowest BCUT2D eigenvalue weighted by Crippen LogP contribution is -2.53. The Labute approximate surface area is 145 Å². The Morgan fingerprint density at radius 2 is 2.13 bits per heavy atom. The normalized spacial score (nSPS) is 20.6. The number of hydrogen-bond donors (Lipinski definition) is 2. The summed E-state index contributed by atoms with van der Waals surface area (Å²) in [6.07, 6.45) is -0.119. The second-order valence-electron chi connectivity index (χ2n) is 5.33. The van der Waals surface area contributed by atoms with E-state index >= 15 is 0 Å². The monoisotopic (exact) mass is 353 g/mol. The van der Waals surface area contributed by atoms with Crippen LogP contribution >= 0.6 is 23.7 Å². The standard InChI is InChI=1S/C16H19N3O2S.ClH/c1-10-15(17-7-8-21-10)16(20)19-13-5-3-12(4-6-13)14-9-22-11(2)18-14;/h3-6,9-10,15,17H,7-8H2,1-2H3,(H,19,20);1H/t10-,15+;/m1./s1. The summed E-state index contributed by atoms with van der Waals surface area (Å²) in [6.45, 7) is 5.24. The lowest BCUT2D eigenvalue weighted by atomic mass is 10.1. The van der Waals surface area contributed by atoms with Gasteiger partial charge < -0.3 is 15.4 Å². The van der Waals surface area contributed by atoms with Crippen LogP contribution < -0.4 is 10.6 Å². The minimum Gasteiger partial charge on any atom is -0.375 e. The van der Waals surface area contributed by atoms with Crippen molar-refractivity contribution < 1.29 is 9.53 Å². The van der Waals surface area contributed by atoms with Gasteiger partial charge in [0.1, 0.15) is 6.04 Å². The zero-order chi connectivity index (χ0) is 15.5. The molecule has 124 valence electrons. The Hall–Kier alpha value is -1.47. The van der Waals surface area contributed by atoms with Gasteiger partial charge in [0.15, 0.2) is 0 Å². The molecule has 1 aromatic heterocycles. The first kappa shape index (κ1) is 17.9. The number of benzene rings is 1. The number of nitrogens with zero attached hydrogens (tertiary/aromatic N) is 1. The van der Waals surface area contributed by atoms with E-state index in [1.807, 2.05) is 43.5 Å². The van der Waals surface area contributed by atoms with Gasteiger partial charge >= 0.3 is 0 Å². The minimum absolute atomic E-state index is 0. The van der Waals surface area contributed by atoms with Crippen LogP contribution in [0.25, 0.3) is 11.3 Å². The lowest BCUT2D eigenvalue weighted by molar-refractivity contribution is -0.123. The SMILES string of the molecule is Cc1nc(-c2ccc(NC(=O)[C@H]3NCCO[C@@H]3C)cc2)cs1.Cl. The lowest BCUT2D eigenvalue weighted by Gasteiger charge is -2.29. The zero-order valence-corrected chi connectivity index (χ0v) is 14.7. The van der Waals surface area contributed by atoms with E-state index in [2.05, 4.69) is 15.6 Å². The van der Waals surface area contributed by atoms with E-state index in [0.717, 1.165) is 22.0 Å². The second kappa shape index (κ2) is 7.88. The molecule has 0 radical (unpaired) electrons. The Morgan fingerprint density at radius 3 is 2.74 bits per heavy atom. The fourth-order valence-electron chi connectivity index (χ4n) is 2.47. The summed E-state index contributed by atoms with van der Waals surface area (Å²) in [5, 5.41) is 9.19. The number of aromatic nitrogens is 1. The van der Waals surface area contributed by atoms with Crippen LogP contribution in [0.1, 0.15) is 11.9 Å². The van der Waals surface area contributed by atoms with Crippen LogP contribution in [0.5, 0.6) is 0 Å². The van der Waals surface area contributed by atoms with E-state index in [1.54, 1.807) is 11.3 Å². The Balaban J connectivity index is 0.00000192. The van der Waals surface area contributed by atoms with Crippen molar-refractivity contribution in [2.75, 3.05) is 18.5 Å². The molecule has 1 aromatic carbocycles. The fraction of sp³-hybridized carbons (Fsp3) is 0.375. The van der Waals surface area contributed by atoms with Gasteiger partial charge in [-0.2, -0.15) is 0 Å². The van der Waals surface area contributed by atoms with Gasteiger partial charge in [-0.1, -0.05) is 12.1 Å². The highest BCUT2D eigenvalue weighted by molar-refractivity contribution is 7.09. The molecule has 0 aliphatic carbocycles. The first-order valence-electron chi connectivity index (χ1n) is 7.32. The van der Waals surface area contributed by atoms with Gasteiger partial charge in [-0.3, -0.25) is 4.79 Å². The molecule has 1 aliphatic rings. The highest BCUT2D eigenvalue weighted by Crippen LogP contribution is 2.23. The van der Waals surface area contributed by atoms with E-state index in [4.69, 9.17) is 4.74 Å². The molecule has 2 N–H and O–H groups in total. The van der Waals surface area contributed by atoms with Crippen molar-refractivity contribution in [3.8, 4) is 11.3 Å². The Kier molecular flexibility index (Phi) is 6.12. The zero-order valence-electron chi connectivity index (χ0n) is 13.0. The van der Waals surface area contributed by atoms with Crippen LogP contribution in [0.4, 0.5) is 5.69 Å². The van der Waals surface area contributed by atoms with Gasteiger partial charge in [-0.25, -0.2) is 4.98 Å². The van der Waals surface area contributed by atoms with E-state index in [1.165, 1.54) is 0 Å². The molecule has 1 fully saturated rings. The molecule has 0 spiro atoms. The predicted molar refractivity (Wildman–Crippen MR) is 95.4 cm³/mol. The molecular weight excluding hydrogens is 334 g/mol.